The van der Waals surface area contributed by atoms with Gasteiger partial charge in [0.15, 0.2) is 0 Å². The Morgan fingerprint density at radius 1 is 1.19 bits per heavy atom. The highest BCUT2D eigenvalue weighted by Gasteiger charge is 2.14. The third-order valence-corrected chi connectivity index (χ3v) is 3.47. The van der Waals surface area contributed by atoms with Crippen molar-refractivity contribution in [1.82, 2.24) is 19.5 Å². The molecule has 3 aromatic rings. The van der Waals surface area contributed by atoms with Gasteiger partial charge in [0.25, 0.3) is 0 Å². The van der Waals surface area contributed by atoms with E-state index in [0.717, 1.165) is 33.9 Å². The van der Waals surface area contributed by atoms with Crippen LogP contribution in [0.5, 0.6) is 0 Å². The van der Waals surface area contributed by atoms with E-state index in [1.54, 1.807) is 6.20 Å². The van der Waals surface area contributed by atoms with Gasteiger partial charge >= 0.3 is 0 Å². The Morgan fingerprint density at radius 3 is 2.67 bits per heavy atom. The number of nitrogen functional groups attached to an aromatic ring is 1. The molecule has 5 nitrogen and oxygen atoms in total. The van der Waals surface area contributed by atoms with Crippen LogP contribution in [-0.4, -0.2) is 19.5 Å². The van der Waals surface area contributed by atoms with E-state index in [1.165, 1.54) is 0 Å². The summed E-state index contributed by atoms with van der Waals surface area (Å²) < 4.78 is 2.19. The third-order valence-electron chi connectivity index (χ3n) is 3.47. The number of aromatic nitrogens is 4. The summed E-state index contributed by atoms with van der Waals surface area (Å²) in [7, 11) is 0. The maximum absolute atomic E-state index is 5.86. The number of aryl methyl sites for hydroxylation is 1. The highest BCUT2D eigenvalue weighted by molar-refractivity contribution is 5.79. The molecule has 0 aliphatic carbocycles. The third kappa shape index (κ3) is 2.59. The second-order valence-corrected chi connectivity index (χ2v) is 5.61. The lowest BCUT2D eigenvalue weighted by atomic mass is 10.2. The van der Waals surface area contributed by atoms with Crippen LogP contribution in [0.4, 0.5) is 5.69 Å². The molecule has 1 aromatic carbocycles. The van der Waals surface area contributed by atoms with Crippen LogP contribution in [0.25, 0.3) is 11.0 Å². The number of hydrogen-bond donors (Lipinski definition) is 1. The van der Waals surface area contributed by atoms with E-state index in [1.807, 2.05) is 31.3 Å². The Balaban J connectivity index is 2.10. The molecule has 2 aromatic heterocycles. The van der Waals surface area contributed by atoms with Crippen molar-refractivity contribution in [2.24, 2.45) is 0 Å². The van der Waals surface area contributed by atoms with Crippen LogP contribution in [0.2, 0.25) is 0 Å². The van der Waals surface area contributed by atoms with Gasteiger partial charge in [0.2, 0.25) is 0 Å². The summed E-state index contributed by atoms with van der Waals surface area (Å²) in [5.41, 5.74) is 10.5. The number of hydrogen-bond acceptors (Lipinski definition) is 4. The lowest BCUT2D eigenvalue weighted by Crippen LogP contribution is -2.08. The first kappa shape index (κ1) is 13.5. The molecular formula is C16H19N5. The molecule has 0 atom stereocenters. The first-order valence-electron chi connectivity index (χ1n) is 7.08. The summed E-state index contributed by atoms with van der Waals surface area (Å²) in [6.45, 7) is 6.89. The Labute approximate surface area is 123 Å². The van der Waals surface area contributed by atoms with Crippen molar-refractivity contribution in [3.63, 3.8) is 0 Å². The van der Waals surface area contributed by atoms with Gasteiger partial charge in [0.1, 0.15) is 5.82 Å². The second kappa shape index (κ2) is 5.16. The molecule has 2 heterocycles. The SMILES string of the molecule is Cc1cnc(Cn2c(C(C)C)nc3cc(N)ccc32)cn1. The Kier molecular flexibility index (Phi) is 3.33. The van der Waals surface area contributed by atoms with Crippen LogP contribution in [-0.2, 0) is 6.54 Å². The van der Waals surface area contributed by atoms with Crippen molar-refractivity contribution in [2.75, 3.05) is 5.73 Å². The van der Waals surface area contributed by atoms with Crippen molar-refractivity contribution in [2.45, 2.75) is 33.2 Å². The Hall–Kier alpha value is -2.43. The van der Waals surface area contributed by atoms with E-state index in [2.05, 4.69) is 28.4 Å². The Bertz CT molecular complexity index is 771. The molecule has 0 aliphatic heterocycles. The fourth-order valence-corrected chi connectivity index (χ4v) is 2.44. The zero-order chi connectivity index (χ0) is 15.0. The fourth-order valence-electron chi connectivity index (χ4n) is 2.44. The minimum atomic E-state index is 0.331. The van der Waals surface area contributed by atoms with Gasteiger partial charge in [-0.2, -0.15) is 0 Å². The van der Waals surface area contributed by atoms with Crippen LogP contribution in [0.3, 0.4) is 0 Å². The minimum Gasteiger partial charge on any atom is -0.399 e. The highest BCUT2D eigenvalue weighted by atomic mass is 15.1. The average Bonchev–Trinajstić information content (AvgIpc) is 2.79. The van der Waals surface area contributed by atoms with E-state index < -0.39 is 0 Å². The number of nitrogens with zero attached hydrogens (tertiary/aromatic N) is 4. The van der Waals surface area contributed by atoms with E-state index in [0.29, 0.717) is 12.5 Å². The molecular weight excluding hydrogens is 262 g/mol. The minimum absolute atomic E-state index is 0.331. The van der Waals surface area contributed by atoms with Gasteiger partial charge in [-0.1, -0.05) is 13.8 Å². The van der Waals surface area contributed by atoms with Gasteiger partial charge in [-0.05, 0) is 25.1 Å². The molecule has 0 radical (unpaired) electrons. The van der Waals surface area contributed by atoms with Crippen molar-refractivity contribution >= 4 is 16.7 Å². The standard InChI is InChI=1S/C16H19N5/c1-10(2)16-20-14-6-12(17)4-5-15(14)21(16)9-13-8-18-11(3)7-19-13/h4-8,10H,9,17H2,1-3H3. The number of fused-ring (bicyclic) bond motifs is 1. The van der Waals surface area contributed by atoms with E-state index in [-0.39, 0.29) is 0 Å². The molecule has 0 fully saturated rings. The zero-order valence-electron chi connectivity index (χ0n) is 12.5. The normalized spacial score (nSPS) is 11.4. The van der Waals surface area contributed by atoms with Crippen LogP contribution < -0.4 is 5.73 Å². The molecule has 21 heavy (non-hydrogen) atoms. The number of imidazole rings is 1. The summed E-state index contributed by atoms with van der Waals surface area (Å²) in [6.07, 6.45) is 3.62. The van der Waals surface area contributed by atoms with Gasteiger partial charge in [-0.25, -0.2) is 4.98 Å². The maximum atomic E-state index is 5.86. The van der Waals surface area contributed by atoms with Gasteiger partial charge in [-0.15, -0.1) is 0 Å². The molecule has 0 spiro atoms. The molecule has 0 bridgehead atoms. The quantitative estimate of drug-likeness (QED) is 0.749. The molecule has 0 amide bonds. The van der Waals surface area contributed by atoms with Gasteiger partial charge in [0, 0.05) is 17.8 Å². The summed E-state index contributed by atoms with van der Waals surface area (Å²) in [5.74, 6) is 1.37. The molecule has 0 unspecified atom stereocenters. The molecule has 5 heteroatoms. The van der Waals surface area contributed by atoms with Gasteiger partial charge in [0.05, 0.1) is 35.2 Å². The predicted octanol–water partition coefficient (Wildman–Crippen LogP) is 2.89. The van der Waals surface area contributed by atoms with Crippen molar-refractivity contribution in [3.8, 4) is 0 Å². The molecule has 2 N–H and O–H groups in total. The Morgan fingerprint density at radius 2 is 2.00 bits per heavy atom. The lowest BCUT2D eigenvalue weighted by molar-refractivity contribution is 0.672. The van der Waals surface area contributed by atoms with Gasteiger partial charge < -0.3 is 10.3 Å². The van der Waals surface area contributed by atoms with Crippen molar-refractivity contribution < 1.29 is 0 Å². The number of rotatable bonds is 3. The zero-order valence-corrected chi connectivity index (χ0v) is 12.5. The van der Waals surface area contributed by atoms with Crippen molar-refractivity contribution in [3.05, 3.63) is 47.8 Å². The largest absolute Gasteiger partial charge is 0.399 e. The summed E-state index contributed by atoms with van der Waals surface area (Å²) in [6, 6.07) is 5.84. The first-order valence-corrected chi connectivity index (χ1v) is 7.08. The number of nitrogens with two attached hydrogens (primary N) is 1. The maximum Gasteiger partial charge on any atom is 0.112 e. The fraction of sp³-hybridized carbons (Fsp3) is 0.312. The molecule has 108 valence electrons. The average molecular weight is 281 g/mol. The number of anilines is 1. The summed E-state index contributed by atoms with van der Waals surface area (Å²) in [4.78, 5) is 13.5. The van der Waals surface area contributed by atoms with E-state index in [4.69, 9.17) is 10.7 Å². The van der Waals surface area contributed by atoms with Crippen LogP contribution in [0, 0.1) is 6.92 Å². The lowest BCUT2D eigenvalue weighted by Gasteiger charge is -2.11. The van der Waals surface area contributed by atoms with E-state index in [9.17, 15) is 0 Å². The predicted molar refractivity (Wildman–Crippen MR) is 84.1 cm³/mol. The highest BCUT2D eigenvalue weighted by Crippen LogP contribution is 2.24. The molecule has 0 aliphatic rings. The topological polar surface area (TPSA) is 69.6 Å². The molecule has 0 saturated heterocycles. The van der Waals surface area contributed by atoms with Crippen molar-refractivity contribution in [1.29, 1.82) is 0 Å². The smallest absolute Gasteiger partial charge is 0.112 e. The van der Waals surface area contributed by atoms with Gasteiger partial charge in [-0.3, -0.25) is 9.97 Å². The van der Waals surface area contributed by atoms with Crippen LogP contribution in [0.15, 0.2) is 30.6 Å². The first-order chi connectivity index (χ1) is 10.0. The van der Waals surface area contributed by atoms with E-state index >= 15 is 0 Å². The van der Waals surface area contributed by atoms with Crippen LogP contribution >= 0.6 is 0 Å². The monoisotopic (exact) mass is 281 g/mol. The summed E-state index contributed by atoms with van der Waals surface area (Å²) >= 11 is 0. The van der Waals surface area contributed by atoms with Crippen LogP contribution in [0.1, 0.15) is 37.0 Å². The summed E-state index contributed by atoms with van der Waals surface area (Å²) in [5, 5.41) is 0. The number of benzene rings is 1. The second-order valence-electron chi connectivity index (χ2n) is 5.61. The molecule has 3 rings (SSSR count). The molecule has 0 saturated carbocycles.